The molecule has 1 saturated heterocycles. The van der Waals surface area contributed by atoms with Crippen LogP contribution in [0.1, 0.15) is 15.9 Å². The van der Waals surface area contributed by atoms with E-state index in [4.69, 9.17) is 9.84 Å². The molecule has 37 heavy (non-hydrogen) atoms. The van der Waals surface area contributed by atoms with E-state index in [0.717, 1.165) is 15.7 Å². The predicted molar refractivity (Wildman–Crippen MR) is 146 cm³/mol. The fraction of sp³-hybridized carbons (Fsp3) is 0.138. The Hall–Kier alpha value is -4.01. The smallest absolute Gasteiger partial charge is 0.270 e. The van der Waals surface area contributed by atoms with Crippen molar-refractivity contribution in [1.82, 2.24) is 20.0 Å². The van der Waals surface area contributed by atoms with Crippen molar-refractivity contribution < 1.29 is 14.3 Å². The number of nitrogens with zero attached hydrogens (tertiary/aromatic N) is 3. The van der Waals surface area contributed by atoms with Crippen LogP contribution in [0.15, 0.2) is 101 Å². The van der Waals surface area contributed by atoms with E-state index in [1.54, 1.807) is 39.9 Å². The lowest BCUT2D eigenvalue weighted by Crippen LogP contribution is -2.44. The third-order valence-corrected chi connectivity index (χ3v) is 6.52. The van der Waals surface area contributed by atoms with Crippen LogP contribution in [0.5, 0.6) is 0 Å². The van der Waals surface area contributed by atoms with E-state index < -0.39 is 0 Å². The zero-order valence-electron chi connectivity index (χ0n) is 20.0. The summed E-state index contributed by atoms with van der Waals surface area (Å²) in [6.45, 7) is 1.84. The van der Waals surface area contributed by atoms with E-state index in [-0.39, 0.29) is 17.5 Å². The van der Waals surface area contributed by atoms with Crippen molar-refractivity contribution in [3.05, 3.63) is 112 Å². The van der Waals surface area contributed by atoms with Gasteiger partial charge in [0.25, 0.3) is 11.8 Å². The topological polar surface area (TPSA) is 76.5 Å². The van der Waals surface area contributed by atoms with Crippen LogP contribution in [0.2, 0.25) is 0 Å². The first kappa shape index (κ1) is 24.7. The summed E-state index contributed by atoms with van der Waals surface area (Å²) in [6, 6.07) is 26.4. The molecule has 5 rings (SSSR count). The molecule has 1 N–H and O–H groups in total. The number of carbonyl (C=O) groups excluding carboxylic acids is 2. The molecule has 2 amide bonds. The summed E-state index contributed by atoms with van der Waals surface area (Å²) in [5, 5.41) is 7.70. The molecule has 1 aliphatic heterocycles. The maximum absolute atomic E-state index is 13.6. The number of halogens is 1. The number of rotatable bonds is 6. The predicted octanol–water partition coefficient (Wildman–Crippen LogP) is 4.93. The van der Waals surface area contributed by atoms with Crippen LogP contribution in [0, 0.1) is 0 Å². The van der Waals surface area contributed by atoms with Gasteiger partial charge in [-0.3, -0.25) is 9.59 Å². The zero-order chi connectivity index (χ0) is 25.6. The van der Waals surface area contributed by atoms with Gasteiger partial charge >= 0.3 is 0 Å². The van der Waals surface area contributed by atoms with E-state index in [9.17, 15) is 9.59 Å². The second-order valence-corrected chi connectivity index (χ2v) is 9.42. The third-order valence-electron chi connectivity index (χ3n) is 5.99. The number of benzene rings is 3. The highest BCUT2D eigenvalue weighted by molar-refractivity contribution is 9.10. The molecule has 0 atom stereocenters. The number of para-hydroxylation sites is 1. The number of hydrogen-bond donors (Lipinski definition) is 1. The highest BCUT2D eigenvalue weighted by atomic mass is 79.9. The van der Waals surface area contributed by atoms with Crippen molar-refractivity contribution in [2.24, 2.45) is 0 Å². The molecule has 1 fully saturated rings. The van der Waals surface area contributed by atoms with Gasteiger partial charge < -0.3 is 15.0 Å². The lowest BCUT2D eigenvalue weighted by molar-refractivity contribution is -0.131. The number of nitrogens with one attached hydrogen (secondary N) is 1. The molecule has 186 valence electrons. The molecule has 8 heteroatoms. The minimum absolute atomic E-state index is 0.182. The molecule has 1 aliphatic rings. The standard InChI is InChI=1S/C29H25BrN4O3/c30-24-13-11-21(12-14-24)27-23(20-34(32-27)25-9-5-2-6-10-25)19-26(29(36)33-15-17-37-18-16-33)31-28(35)22-7-3-1-4-8-22/h1-14,19-20H,15-18H2,(H,31,35). The van der Waals surface area contributed by atoms with Crippen LogP contribution in [0.3, 0.4) is 0 Å². The Morgan fingerprint density at radius 3 is 2.22 bits per heavy atom. The molecule has 7 nitrogen and oxygen atoms in total. The number of hydrogen-bond acceptors (Lipinski definition) is 4. The van der Waals surface area contributed by atoms with Gasteiger partial charge in [0.05, 0.1) is 18.9 Å². The Balaban J connectivity index is 1.59. The molecule has 0 aliphatic carbocycles. The van der Waals surface area contributed by atoms with Gasteiger partial charge in [0.2, 0.25) is 0 Å². The Morgan fingerprint density at radius 2 is 1.54 bits per heavy atom. The average molecular weight is 557 g/mol. The summed E-state index contributed by atoms with van der Waals surface area (Å²) in [5.74, 6) is -0.615. The highest BCUT2D eigenvalue weighted by Crippen LogP contribution is 2.27. The van der Waals surface area contributed by atoms with Gasteiger partial charge in [-0.1, -0.05) is 64.5 Å². The summed E-state index contributed by atoms with van der Waals surface area (Å²) >= 11 is 3.49. The van der Waals surface area contributed by atoms with Crippen molar-refractivity contribution in [2.75, 3.05) is 26.3 Å². The summed E-state index contributed by atoms with van der Waals surface area (Å²) in [5.41, 5.74) is 3.82. The van der Waals surface area contributed by atoms with Gasteiger partial charge in [0, 0.05) is 40.4 Å². The number of ether oxygens (including phenoxy) is 1. The maximum Gasteiger partial charge on any atom is 0.270 e. The number of aromatic nitrogens is 2. The molecule has 3 aromatic carbocycles. The number of morpholine rings is 1. The van der Waals surface area contributed by atoms with Crippen LogP contribution in [-0.2, 0) is 9.53 Å². The van der Waals surface area contributed by atoms with Gasteiger partial charge in [-0.25, -0.2) is 4.68 Å². The first-order valence-electron chi connectivity index (χ1n) is 11.9. The van der Waals surface area contributed by atoms with E-state index in [0.29, 0.717) is 43.1 Å². The van der Waals surface area contributed by atoms with E-state index in [1.807, 2.05) is 66.9 Å². The quantitative estimate of drug-likeness (QED) is 0.341. The SMILES string of the molecule is O=C(NC(=Cc1cn(-c2ccccc2)nc1-c1ccc(Br)cc1)C(=O)N1CCOCC1)c1ccccc1. The molecular formula is C29H25BrN4O3. The van der Waals surface area contributed by atoms with Crippen molar-refractivity contribution >= 4 is 33.8 Å². The molecule has 1 aromatic heterocycles. The summed E-state index contributed by atoms with van der Waals surface area (Å²) in [6.07, 6.45) is 3.58. The normalized spacial score (nSPS) is 13.9. The largest absolute Gasteiger partial charge is 0.378 e. The maximum atomic E-state index is 13.6. The van der Waals surface area contributed by atoms with E-state index in [1.165, 1.54) is 0 Å². The fourth-order valence-corrected chi connectivity index (χ4v) is 4.33. The van der Waals surface area contributed by atoms with E-state index in [2.05, 4.69) is 21.2 Å². The molecule has 0 unspecified atom stereocenters. The minimum atomic E-state index is -0.353. The Kier molecular flexibility index (Phi) is 7.58. The van der Waals surface area contributed by atoms with Crippen LogP contribution >= 0.6 is 15.9 Å². The van der Waals surface area contributed by atoms with Crippen LogP contribution < -0.4 is 5.32 Å². The number of carbonyl (C=O) groups is 2. The molecule has 0 saturated carbocycles. The Labute approximate surface area is 223 Å². The van der Waals surface area contributed by atoms with Crippen LogP contribution in [0.4, 0.5) is 0 Å². The van der Waals surface area contributed by atoms with Crippen LogP contribution in [0.25, 0.3) is 23.0 Å². The molecule has 0 radical (unpaired) electrons. The third kappa shape index (κ3) is 5.87. The van der Waals surface area contributed by atoms with Gasteiger partial charge in [-0.05, 0) is 42.5 Å². The Morgan fingerprint density at radius 1 is 0.892 bits per heavy atom. The number of amides is 2. The highest BCUT2D eigenvalue weighted by Gasteiger charge is 2.24. The van der Waals surface area contributed by atoms with E-state index >= 15 is 0 Å². The fourth-order valence-electron chi connectivity index (χ4n) is 4.07. The van der Waals surface area contributed by atoms with Gasteiger partial charge in [-0.15, -0.1) is 0 Å². The van der Waals surface area contributed by atoms with Crippen molar-refractivity contribution in [3.63, 3.8) is 0 Å². The molecule has 4 aromatic rings. The molecular weight excluding hydrogens is 532 g/mol. The van der Waals surface area contributed by atoms with Crippen molar-refractivity contribution in [2.45, 2.75) is 0 Å². The molecule has 2 heterocycles. The lowest BCUT2D eigenvalue weighted by Gasteiger charge is -2.27. The second kappa shape index (κ2) is 11.4. The van der Waals surface area contributed by atoms with Gasteiger partial charge in [0.1, 0.15) is 11.4 Å². The first-order chi connectivity index (χ1) is 18.1. The summed E-state index contributed by atoms with van der Waals surface area (Å²) < 4.78 is 8.15. The molecule has 0 bridgehead atoms. The molecule has 0 spiro atoms. The summed E-state index contributed by atoms with van der Waals surface area (Å²) in [7, 11) is 0. The minimum Gasteiger partial charge on any atom is -0.378 e. The Bertz CT molecular complexity index is 1410. The van der Waals surface area contributed by atoms with Crippen molar-refractivity contribution in [3.8, 4) is 16.9 Å². The zero-order valence-corrected chi connectivity index (χ0v) is 21.6. The van der Waals surface area contributed by atoms with Crippen molar-refractivity contribution in [1.29, 1.82) is 0 Å². The summed E-state index contributed by atoms with van der Waals surface area (Å²) in [4.78, 5) is 28.4. The van der Waals surface area contributed by atoms with Gasteiger partial charge in [0.15, 0.2) is 0 Å². The average Bonchev–Trinajstić information content (AvgIpc) is 3.38. The second-order valence-electron chi connectivity index (χ2n) is 8.50. The van der Waals surface area contributed by atoms with Crippen LogP contribution in [-0.4, -0.2) is 52.8 Å². The first-order valence-corrected chi connectivity index (χ1v) is 12.7. The monoisotopic (exact) mass is 556 g/mol. The lowest BCUT2D eigenvalue weighted by atomic mass is 10.1. The van der Waals surface area contributed by atoms with Gasteiger partial charge in [-0.2, -0.15) is 5.10 Å².